The average molecular weight is 405 g/mol. The minimum absolute atomic E-state index is 0.0107. The van der Waals surface area contributed by atoms with Crippen LogP contribution in [0.15, 0.2) is 54.9 Å². The fourth-order valence-electron chi connectivity index (χ4n) is 5.19. The molecule has 1 N–H and O–H groups in total. The Morgan fingerprint density at radius 1 is 1.07 bits per heavy atom. The number of aromatic nitrogens is 3. The van der Waals surface area contributed by atoms with Crippen molar-refractivity contribution >= 4 is 17.4 Å². The van der Waals surface area contributed by atoms with E-state index in [0.717, 1.165) is 17.0 Å². The first kappa shape index (κ1) is 17.9. The van der Waals surface area contributed by atoms with Gasteiger partial charge in [0.15, 0.2) is 17.5 Å². The van der Waals surface area contributed by atoms with E-state index in [1.54, 1.807) is 17.3 Å². The molecule has 6 rings (SSSR count). The van der Waals surface area contributed by atoms with Crippen molar-refractivity contribution in [2.24, 2.45) is 0 Å². The van der Waals surface area contributed by atoms with Gasteiger partial charge in [0.1, 0.15) is 11.9 Å². The second-order valence-corrected chi connectivity index (χ2v) is 8.34. The van der Waals surface area contributed by atoms with Crippen LogP contribution >= 0.6 is 0 Å². The van der Waals surface area contributed by atoms with E-state index in [0.29, 0.717) is 32.4 Å². The molecule has 30 heavy (non-hydrogen) atoms. The highest BCUT2D eigenvalue weighted by Crippen LogP contribution is 2.47. The molecular formula is C22H23N5O3. The summed E-state index contributed by atoms with van der Waals surface area (Å²) < 4.78 is 8.13. The van der Waals surface area contributed by atoms with Crippen molar-refractivity contribution in [3.8, 4) is 0 Å². The van der Waals surface area contributed by atoms with Gasteiger partial charge in [-0.05, 0) is 11.6 Å². The number of nitrogens with zero attached hydrogens (tertiary/aromatic N) is 5. The minimum Gasteiger partial charge on any atom is -0.388 e. The minimum atomic E-state index is -0.855. The number of aliphatic hydroxyl groups is 1. The van der Waals surface area contributed by atoms with E-state index in [1.807, 2.05) is 47.0 Å². The van der Waals surface area contributed by atoms with Crippen molar-refractivity contribution in [2.45, 2.75) is 43.2 Å². The number of aliphatic hydroxyl groups excluding tert-OH is 1. The van der Waals surface area contributed by atoms with Gasteiger partial charge in [-0.3, -0.25) is 4.79 Å². The lowest BCUT2D eigenvalue weighted by molar-refractivity contribution is -0.142. The third-order valence-electron chi connectivity index (χ3n) is 6.72. The van der Waals surface area contributed by atoms with E-state index < -0.39 is 17.9 Å². The zero-order valence-corrected chi connectivity index (χ0v) is 16.5. The highest BCUT2D eigenvalue weighted by molar-refractivity contribution is 5.88. The molecule has 1 spiro atoms. The van der Waals surface area contributed by atoms with Gasteiger partial charge in [-0.25, -0.2) is 4.98 Å². The van der Waals surface area contributed by atoms with Gasteiger partial charge >= 0.3 is 0 Å². The molecule has 3 aromatic rings. The number of fused-ring (bicyclic) bond motifs is 2. The third-order valence-corrected chi connectivity index (χ3v) is 6.72. The lowest BCUT2D eigenvalue weighted by atomic mass is 9.89. The van der Waals surface area contributed by atoms with Crippen LogP contribution < -0.4 is 4.90 Å². The monoisotopic (exact) mass is 405 g/mol. The maximum absolute atomic E-state index is 13.6. The molecule has 0 radical (unpaired) electrons. The molecule has 2 aromatic heterocycles. The van der Waals surface area contributed by atoms with Crippen LogP contribution in [0.3, 0.4) is 0 Å². The Morgan fingerprint density at radius 3 is 2.67 bits per heavy atom. The summed E-state index contributed by atoms with van der Waals surface area (Å²) in [5.41, 5.74) is 0.991. The van der Waals surface area contributed by atoms with Crippen LogP contribution in [0.4, 0.5) is 5.82 Å². The van der Waals surface area contributed by atoms with Crippen LogP contribution in [0, 0.1) is 0 Å². The molecule has 1 amide bonds. The fourth-order valence-corrected chi connectivity index (χ4v) is 5.19. The molecule has 0 unspecified atom stereocenters. The summed E-state index contributed by atoms with van der Waals surface area (Å²) in [7, 11) is 0. The van der Waals surface area contributed by atoms with Crippen LogP contribution in [-0.4, -0.2) is 61.5 Å². The lowest BCUT2D eigenvalue weighted by Gasteiger charge is -2.38. The zero-order valence-electron chi connectivity index (χ0n) is 16.5. The molecule has 8 nitrogen and oxygen atoms in total. The summed E-state index contributed by atoms with van der Waals surface area (Å²) in [6.07, 6.45) is 3.96. The summed E-state index contributed by atoms with van der Waals surface area (Å²) in [5, 5.41) is 15.0. The number of amides is 1. The summed E-state index contributed by atoms with van der Waals surface area (Å²) in [4.78, 5) is 21.9. The average Bonchev–Trinajstić information content (AvgIpc) is 3.46. The lowest BCUT2D eigenvalue weighted by Crippen LogP contribution is -2.51. The summed E-state index contributed by atoms with van der Waals surface area (Å²) in [5.74, 6) is 0.976. The van der Waals surface area contributed by atoms with Gasteiger partial charge < -0.3 is 19.6 Å². The molecule has 1 aromatic carbocycles. The Hall–Kier alpha value is -2.97. The van der Waals surface area contributed by atoms with E-state index >= 15 is 0 Å². The summed E-state index contributed by atoms with van der Waals surface area (Å²) >= 11 is 0. The summed E-state index contributed by atoms with van der Waals surface area (Å²) in [6.45, 7) is 1.36. The molecule has 3 atom stereocenters. The van der Waals surface area contributed by atoms with Crippen molar-refractivity contribution in [1.29, 1.82) is 0 Å². The maximum atomic E-state index is 13.6. The number of hydrogen-bond donors (Lipinski definition) is 1. The Bertz CT molecular complexity index is 1090. The van der Waals surface area contributed by atoms with E-state index in [-0.39, 0.29) is 11.9 Å². The van der Waals surface area contributed by atoms with Gasteiger partial charge in [0.25, 0.3) is 5.91 Å². The second kappa shape index (κ2) is 6.52. The maximum Gasteiger partial charge on any atom is 0.257 e. The molecule has 0 aliphatic carbocycles. The van der Waals surface area contributed by atoms with Gasteiger partial charge in [-0.1, -0.05) is 30.3 Å². The highest BCUT2D eigenvalue weighted by atomic mass is 16.6. The molecule has 3 aliphatic rings. The molecular weight excluding hydrogens is 382 g/mol. The number of carbonyl (C=O) groups is 1. The number of ether oxygens (including phenoxy) is 1. The smallest absolute Gasteiger partial charge is 0.257 e. The van der Waals surface area contributed by atoms with Crippen molar-refractivity contribution in [3.05, 3.63) is 60.4 Å². The SMILES string of the molecule is O=C1N2[C@H](OC13CCN(c1ccnc4ccnn14)CC3)[C@H](O)C[C@H]2c1ccccc1. The Balaban J connectivity index is 1.25. The second-order valence-electron chi connectivity index (χ2n) is 8.34. The highest BCUT2D eigenvalue weighted by Gasteiger charge is 2.60. The van der Waals surface area contributed by atoms with Crippen LogP contribution in [0.5, 0.6) is 0 Å². The number of anilines is 1. The van der Waals surface area contributed by atoms with Crippen LogP contribution in [0.25, 0.3) is 5.65 Å². The van der Waals surface area contributed by atoms with Crippen LogP contribution in [0.2, 0.25) is 0 Å². The first-order chi connectivity index (χ1) is 14.7. The number of rotatable bonds is 2. The van der Waals surface area contributed by atoms with Gasteiger partial charge in [-0.15, -0.1) is 0 Å². The van der Waals surface area contributed by atoms with E-state index in [2.05, 4.69) is 15.0 Å². The number of benzene rings is 1. The normalized spacial score (nSPS) is 27.9. The van der Waals surface area contributed by atoms with Crippen molar-refractivity contribution in [2.75, 3.05) is 18.0 Å². The summed E-state index contributed by atoms with van der Waals surface area (Å²) in [6, 6.07) is 13.6. The van der Waals surface area contributed by atoms with Crippen molar-refractivity contribution < 1.29 is 14.6 Å². The van der Waals surface area contributed by atoms with Gasteiger partial charge in [0, 0.05) is 44.6 Å². The van der Waals surface area contributed by atoms with E-state index in [9.17, 15) is 9.90 Å². The van der Waals surface area contributed by atoms with E-state index in [4.69, 9.17) is 4.74 Å². The van der Waals surface area contributed by atoms with Gasteiger partial charge in [-0.2, -0.15) is 9.61 Å². The molecule has 5 heterocycles. The predicted molar refractivity (Wildman–Crippen MR) is 109 cm³/mol. The standard InChI is InChI=1S/C22H23N5O3/c28-17-14-16(15-4-2-1-3-5-15)26-20(17)30-22(21(26)29)8-12-25(13-9-22)19-7-10-23-18-6-11-24-27(18)19/h1-7,10-11,16-17,20,28H,8-9,12-14H2/t16-,17+,20+/m0/s1. The Morgan fingerprint density at radius 2 is 1.87 bits per heavy atom. The first-order valence-electron chi connectivity index (χ1n) is 10.4. The number of carbonyl (C=O) groups excluding carboxylic acids is 1. The Labute approximate surface area is 173 Å². The van der Waals surface area contributed by atoms with Crippen LogP contribution in [-0.2, 0) is 9.53 Å². The zero-order chi connectivity index (χ0) is 20.3. The largest absolute Gasteiger partial charge is 0.388 e. The molecule has 0 saturated carbocycles. The molecule has 154 valence electrons. The Kier molecular flexibility index (Phi) is 3.88. The molecule has 3 aliphatic heterocycles. The predicted octanol–water partition coefficient (Wildman–Crippen LogP) is 1.76. The number of piperidine rings is 1. The fraction of sp³-hybridized carbons (Fsp3) is 0.409. The molecule has 3 saturated heterocycles. The van der Waals surface area contributed by atoms with Gasteiger partial charge in [0.2, 0.25) is 0 Å². The molecule has 0 bridgehead atoms. The van der Waals surface area contributed by atoms with E-state index in [1.165, 1.54) is 0 Å². The number of hydrogen-bond acceptors (Lipinski definition) is 6. The quantitative estimate of drug-likeness (QED) is 0.700. The first-order valence-corrected chi connectivity index (χ1v) is 10.4. The molecule has 8 heteroatoms. The van der Waals surface area contributed by atoms with Gasteiger partial charge in [0.05, 0.1) is 12.2 Å². The van der Waals surface area contributed by atoms with Crippen LogP contribution in [0.1, 0.15) is 30.9 Å². The van der Waals surface area contributed by atoms with Crippen molar-refractivity contribution in [3.63, 3.8) is 0 Å². The topological polar surface area (TPSA) is 83.2 Å². The third kappa shape index (κ3) is 2.50. The molecule has 3 fully saturated rings. The van der Waals surface area contributed by atoms with Crippen molar-refractivity contribution in [1.82, 2.24) is 19.5 Å².